The van der Waals surface area contributed by atoms with Crippen LogP contribution in [0.4, 0.5) is 5.69 Å². The molecule has 1 N–H and O–H groups in total. The number of hydrogen-bond acceptors (Lipinski definition) is 4. The van der Waals surface area contributed by atoms with Crippen LogP contribution in [0.3, 0.4) is 0 Å². The summed E-state index contributed by atoms with van der Waals surface area (Å²) in [7, 11) is 0. The van der Waals surface area contributed by atoms with Crippen LogP contribution in [0.5, 0.6) is 0 Å². The fourth-order valence-electron chi connectivity index (χ4n) is 2.26. The monoisotopic (exact) mass is 367 g/mol. The van der Waals surface area contributed by atoms with Crippen molar-refractivity contribution in [3.8, 4) is 11.4 Å². The Labute approximate surface area is 150 Å². The van der Waals surface area contributed by atoms with E-state index in [4.69, 9.17) is 27.7 Å². The number of amides is 1. The first-order valence-corrected chi connectivity index (χ1v) is 8.42. The number of aromatic nitrogens is 2. The molecular formula is C17H19Cl2N3O2. The van der Waals surface area contributed by atoms with E-state index in [9.17, 15) is 4.79 Å². The maximum Gasteiger partial charge on any atom is 0.233 e. The zero-order chi connectivity index (χ0) is 17.8. The van der Waals surface area contributed by atoms with Crippen molar-refractivity contribution in [3.63, 3.8) is 0 Å². The Kier molecular flexibility index (Phi) is 3.92. The number of halogens is 2. The molecule has 1 heterocycles. The zero-order valence-electron chi connectivity index (χ0n) is 14.0. The van der Waals surface area contributed by atoms with Crippen LogP contribution < -0.4 is 5.32 Å². The van der Waals surface area contributed by atoms with Gasteiger partial charge < -0.3 is 9.84 Å². The molecule has 5 nitrogen and oxygen atoms in total. The predicted octanol–water partition coefficient (Wildman–Crippen LogP) is 4.56. The fraction of sp³-hybridized carbons (Fsp3) is 0.471. The number of carbonyl (C=O) groups is 1. The van der Waals surface area contributed by atoms with Gasteiger partial charge in [-0.15, -0.1) is 23.2 Å². The number of hydrogen-bond donors (Lipinski definition) is 1. The predicted molar refractivity (Wildman–Crippen MR) is 94.2 cm³/mol. The third-order valence-electron chi connectivity index (χ3n) is 4.23. The number of rotatable bonds is 3. The Bertz CT molecular complexity index is 778. The topological polar surface area (TPSA) is 68.0 Å². The minimum Gasteiger partial charge on any atom is -0.338 e. The summed E-state index contributed by atoms with van der Waals surface area (Å²) in [4.78, 5) is 16.7. The average Bonchev–Trinajstić information content (AvgIpc) is 2.88. The molecule has 1 saturated carbocycles. The molecule has 7 heteroatoms. The zero-order valence-corrected chi connectivity index (χ0v) is 15.5. The van der Waals surface area contributed by atoms with Gasteiger partial charge in [0.05, 0.1) is 5.41 Å². The van der Waals surface area contributed by atoms with E-state index in [0.29, 0.717) is 23.8 Å². The Morgan fingerprint density at radius 2 is 1.83 bits per heavy atom. The highest BCUT2D eigenvalue weighted by molar-refractivity contribution is 6.53. The van der Waals surface area contributed by atoms with E-state index in [1.165, 1.54) is 0 Å². The van der Waals surface area contributed by atoms with Gasteiger partial charge in [0.2, 0.25) is 17.6 Å². The maximum absolute atomic E-state index is 12.3. The lowest BCUT2D eigenvalue weighted by molar-refractivity contribution is -0.120. The van der Waals surface area contributed by atoms with E-state index >= 15 is 0 Å². The number of anilines is 1. The van der Waals surface area contributed by atoms with Crippen molar-refractivity contribution in [2.75, 3.05) is 5.32 Å². The number of alkyl halides is 2. The van der Waals surface area contributed by atoms with Crippen LogP contribution in [-0.2, 0) is 10.2 Å². The summed E-state index contributed by atoms with van der Waals surface area (Å²) in [5.41, 5.74) is 0.535. The van der Waals surface area contributed by atoms with Crippen LogP contribution >= 0.6 is 23.2 Å². The van der Waals surface area contributed by atoms with Gasteiger partial charge in [0.1, 0.15) is 4.33 Å². The molecule has 1 atom stereocenters. The van der Waals surface area contributed by atoms with E-state index < -0.39 is 9.75 Å². The third kappa shape index (κ3) is 3.03. The van der Waals surface area contributed by atoms with Crippen molar-refractivity contribution < 1.29 is 9.32 Å². The summed E-state index contributed by atoms with van der Waals surface area (Å²) < 4.78 is 4.31. The van der Waals surface area contributed by atoms with Gasteiger partial charge >= 0.3 is 0 Å². The molecule has 0 bridgehead atoms. The van der Waals surface area contributed by atoms with Gasteiger partial charge in [-0.1, -0.05) is 25.9 Å². The molecule has 1 unspecified atom stereocenters. The van der Waals surface area contributed by atoms with Crippen molar-refractivity contribution in [2.45, 2.75) is 43.9 Å². The van der Waals surface area contributed by atoms with Crippen molar-refractivity contribution in [3.05, 3.63) is 30.2 Å². The smallest absolute Gasteiger partial charge is 0.233 e. The molecule has 1 fully saturated rings. The van der Waals surface area contributed by atoms with Crippen molar-refractivity contribution in [1.82, 2.24) is 10.1 Å². The van der Waals surface area contributed by atoms with E-state index in [1.807, 2.05) is 32.9 Å². The highest BCUT2D eigenvalue weighted by Gasteiger charge is 2.67. The van der Waals surface area contributed by atoms with Gasteiger partial charge in [-0.3, -0.25) is 4.79 Å². The molecule has 128 valence electrons. The average molecular weight is 368 g/mol. The summed E-state index contributed by atoms with van der Waals surface area (Å²) in [6, 6.07) is 7.24. The molecule has 0 aliphatic heterocycles. The molecular weight excluding hydrogens is 349 g/mol. The standard InChI is InChI=1S/C17H19Cl2N3O2/c1-15(2,3)14-21-12(22-24-14)10-5-7-11(8-6-10)20-13(23)16(4)9-17(16,18)19/h5-8H,9H2,1-4H3,(H,20,23). The van der Waals surface area contributed by atoms with Gasteiger partial charge in [-0.05, 0) is 37.6 Å². The SMILES string of the molecule is CC(C)(C)c1nc(-c2ccc(NC(=O)C3(C)CC3(Cl)Cl)cc2)no1. The van der Waals surface area contributed by atoms with Crippen LogP contribution in [0.25, 0.3) is 11.4 Å². The third-order valence-corrected chi connectivity index (χ3v) is 5.33. The normalized spacial score (nSPS) is 22.2. The fourth-order valence-corrected chi connectivity index (χ4v) is 2.97. The van der Waals surface area contributed by atoms with Crippen molar-refractivity contribution >= 4 is 34.8 Å². The molecule has 0 spiro atoms. The van der Waals surface area contributed by atoms with Crippen LogP contribution in [0.1, 0.15) is 40.0 Å². The van der Waals surface area contributed by atoms with Gasteiger partial charge in [0, 0.05) is 16.7 Å². The van der Waals surface area contributed by atoms with Crippen LogP contribution in [-0.4, -0.2) is 20.4 Å². The molecule has 1 amide bonds. The lowest BCUT2D eigenvalue weighted by Gasteiger charge is -2.12. The first kappa shape index (κ1) is 17.2. The second kappa shape index (κ2) is 5.46. The minimum absolute atomic E-state index is 0.185. The molecule has 0 saturated heterocycles. The van der Waals surface area contributed by atoms with Gasteiger partial charge in [-0.2, -0.15) is 4.98 Å². The highest BCUT2D eigenvalue weighted by Crippen LogP contribution is 2.64. The Morgan fingerprint density at radius 1 is 1.25 bits per heavy atom. The second-order valence-electron chi connectivity index (χ2n) is 7.42. The lowest BCUT2D eigenvalue weighted by Crippen LogP contribution is -2.25. The molecule has 2 aromatic rings. The molecule has 1 aromatic heterocycles. The number of nitrogens with one attached hydrogen (secondary N) is 1. The number of benzene rings is 1. The van der Waals surface area contributed by atoms with Crippen molar-refractivity contribution in [2.24, 2.45) is 5.41 Å². The van der Waals surface area contributed by atoms with Gasteiger partial charge in [0.25, 0.3) is 0 Å². The maximum atomic E-state index is 12.3. The molecule has 24 heavy (non-hydrogen) atoms. The first-order chi connectivity index (χ1) is 11.0. The Balaban J connectivity index is 1.72. The van der Waals surface area contributed by atoms with Gasteiger partial charge in [0.15, 0.2) is 0 Å². The second-order valence-corrected chi connectivity index (χ2v) is 8.90. The molecule has 3 rings (SSSR count). The lowest BCUT2D eigenvalue weighted by atomic mass is 9.97. The number of nitrogens with zero attached hydrogens (tertiary/aromatic N) is 2. The van der Waals surface area contributed by atoms with Crippen LogP contribution in [0.2, 0.25) is 0 Å². The van der Waals surface area contributed by atoms with Crippen molar-refractivity contribution in [1.29, 1.82) is 0 Å². The highest BCUT2D eigenvalue weighted by atomic mass is 35.5. The largest absolute Gasteiger partial charge is 0.338 e. The Hall–Kier alpha value is -1.59. The number of carbonyl (C=O) groups excluding carboxylic acids is 1. The molecule has 0 radical (unpaired) electrons. The summed E-state index contributed by atoms with van der Waals surface area (Å²) in [5, 5.41) is 6.84. The summed E-state index contributed by atoms with van der Waals surface area (Å²) >= 11 is 12.1. The molecule has 1 aliphatic carbocycles. The summed E-state index contributed by atoms with van der Waals surface area (Å²) in [5.74, 6) is 0.916. The van der Waals surface area contributed by atoms with E-state index in [0.717, 1.165) is 5.56 Å². The summed E-state index contributed by atoms with van der Waals surface area (Å²) in [6.45, 7) is 7.78. The van der Waals surface area contributed by atoms with Gasteiger partial charge in [-0.25, -0.2) is 0 Å². The molecule has 1 aliphatic rings. The van der Waals surface area contributed by atoms with Crippen LogP contribution in [0, 0.1) is 5.41 Å². The quantitative estimate of drug-likeness (QED) is 0.807. The van der Waals surface area contributed by atoms with E-state index in [1.54, 1.807) is 19.1 Å². The van der Waals surface area contributed by atoms with E-state index in [2.05, 4.69) is 15.5 Å². The molecule has 1 aromatic carbocycles. The first-order valence-electron chi connectivity index (χ1n) is 7.67. The van der Waals surface area contributed by atoms with E-state index in [-0.39, 0.29) is 11.3 Å². The summed E-state index contributed by atoms with van der Waals surface area (Å²) in [6.07, 6.45) is 0.450. The Morgan fingerprint density at radius 3 is 2.29 bits per heavy atom. The van der Waals surface area contributed by atoms with Crippen LogP contribution in [0.15, 0.2) is 28.8 Å². The minimum atomic E-state index is -0.981.